The van der Waals surface area contributed by atoms with Crippen LogP contribution in [0.3, 0.4) is 0 Å². The first-order valence-electron chi connectivity index (χ1n) is 5.47. The fraction of sp³-hybridized carbons (Fsp3) is 0.385. The van der Waals surface area contributed by atoms with E-state index in [4.69, 9.17) is 0 Å². The quantitative estimate of drug-likeness (QED) is 0.690. The van der Waals surface area contributed by atoms with Crippen LogP contribution in [-0.2, 0) is 6.54 Å². The SMILES string of the molecule is c1ccc2c(c1)ccn2CCC1CC1. The second-order valence-electron chi connectivity index (χ2n) is 4.30. The molecule has 1 saturated carbocycles. The zero-order valence-corrected chi connectivity index (χ0v) is 8.32. The number of nitrogens with zero attached hydrogens (tertiary/aromatic N) is 1. The largest absolute Gasteiger partial charge is 0.347 e. The molecular formula is C13H15N. The Hall–Kier alpha value is -1.24. The predicted molar refractivity (Wildman–Crippen MR) is 59.3 cm³/mol. The van der Waals surface area contributed by atoms with Crippen molar-refractivity contribution in [3.8, 4) is 0 Å². The highest BCUT2D eigenvalue weighted by Crippen LogP contribution is 2.33. The lowest BCUT2D eigenvalue weighted by atomic mass is 10.2. The summed E-state index contributed by atoms with van der Waals surface area (Å²) in [5, 5.41) is 1.36. The van der Waals surface area contributed by atoms with E-state index in [1.54, 1.807) is 0 Å². The zero-order valence-electron chi connectivity index (χ0n) is 8.32. The lowest BCUT2D eigenvalue weighted by Gasteiger charge is -2.03. The van der Waals surface area contributed by atoms with Gasteiger partial charge in [0.05, 0.1) is 0 Å². The average Bonchev–Trinajstić information content (AvgIpc) is 2.96. The Morgan fingerprint density at radius 1 is 1.14 bits per heavy atom. The molecule has 2 aromatic rings. The third-order valence-electron chi connectivity index (χ3n) is 3.16. The fourth-order valence-electron chi connectivity index (χ4n) is 2.06. The summed E-state index contributed by atoms with van der Waals surface area (Å²) in [5.41, 5.74) is 1.38. The molecule has 14 heavy (non-hydrogen) atoms. The minimum atomic E-state index is 1.02. The van der Waals surface area contributed by atoms with E-state index in [0.29, 0.717) is 0 Å². The van der Waals surface area contributed by atoms with Gasteiger partial charge in [-0.2, -0.15) is 0 Å². The molecule has 3 rings (SSSR count). The standard InChI is InChI=1S/C13H15N/c1-2-4-13-12(3-1)8-10-14(13)9-7-11-5-6-11/h1-4,8,10-11H,5-7,9H2. The molecule has 0 radical (unpaired) electrons. The van der Waals surface area contributed by atoms with Gasteiger partial charge in [-0.1, -0.05) is 31.0 Å². The normalized spacial score (nSPS) is 16.3. The number of aromatic nitrogens is 1. The van der Waals surface area contributed by atoms with E-state index in [-0.39, 0.29) is 0 Å². The molecule has 0 unspecified atom stereocenters. The molecule has 0 bridgehead atoms. The molecule has 0 spiro atoms. The maximum atomic E-state index is 2.38. The minimum Gasteiger partial charge on any atom is -0.347 e. The summed E-state index contributed by atoms with van der Waals surface area (Å²) in [5.74, 6) is 1.02. The topological polar surface area (TPSA) is 4.93 Å². The van der Waals surface area contributed by atoms with Crippen LogP contribution in [0.2, 0.25) is 0 Å². The summed E-state index contributed by atoms with van der Waals surface area (Å²) in [6, 6.07) is 10.8. The molecule has 0 saturated heterocycles. The van der Waals surface area contributed by atoms with Crippen LogP contribution in [0.25, 0.3) is 10.9 Å². The van der Waals surface area contributed by atoms with Crippen LogP contribution in [0.1, 0.15) is 19.3 Å². The molecule has 0 N–H and O–H groups in total. The van der Waals surface area contributed by atoms with Crippen molar-refractivity contribution in [3.63, 3.8) is 0 Å². The molecule has 72 valence electrons. The van der Waals surface area contributed by atoms with Crippen molar-refractivity contribution in [2.75, 3.05) is 0 Å². The number of hydrogen-bond acceptors (Lipinski definition) is 0. The first-order chi connectivity index (χ1) is 6.93. The average molecular weight is 185 g/mol. The van der Waals surface area contributed by atoms with E-state index in [0.717, 1.165) is 5.92 Å². The van der Waals surface area contributed by atoms with Gasteiger partial charge in [0.1, 0.15) is 0 Å². The molecule has 0 atom stereocenters. The fourth-order valence-corrected chi connectivity index (χ4v) is 2.06. The summed E-state index contributed by atoms with van der Waals surface area (Å²) in [6.45, 7) is 1.19. The van der Waals surface area contributed by atoms with Gasteiger partial charge in [0.15, 0.2) is 0 Å². The van der Waals surface area contributed by atoms with E-state index in [1.165, 1.54) is 36.7 Å². The zero-order chi connectivity index (χ0) is 9.38. The predicted octanol–water partition coefficient (Wildman–Crippen LogP) is 3.44. The summed E-state index contributed by atoms with van der Waals surface area (Å²) in [7, 11) is 0. The first-order valence-corrected chi connectivity index (χ1v) is 5.47. The van der Waals surface area contributed by atoms with Crippen molar-refractivity contribution in [3.05, 3.63) is 36.5 Å². The lowest BCUT2D eigenvalue weighted by molar-refractivity contribution is 0.611. The third-order valence-corrected chi connectivity index (χ3v) is 3.16. The van der Waals surface area contributed by atoms with Crippen LogP contribution in [0.15, 0.2) is 36.5 Å². The van der Waals surface area contributed by atoms with Crippen molar-refractivity contribution < 1.29 is 0 Å². The molecular weight excluding hydrogens is 170 g/mol. The number of hydrogen-bond donors (Lipinski definition) is 0. The monoisotopic (exact) mass is 185 g/mol. The second kappa shape index (κ2) is 3.16. The number of benzene rings is 1. The number of para-hydroxylation sites is 1. The van der Waals surface area contributed by atoms with Gasteiger partial charge >= 0.3 is 0 Å². The Morgan fingerprint density at radius 3 is 2.86 bits per heavy atom. The van der Waals surface area contributed by atoms with Gasteiger partial charge in [-0.15, -0.1) is 0 Å². The Bertz CT molecular complexity index is 437. The molecule has 1 nitrogen and oxygen atoms in total. The Balaban J connectivity index is 1.87. The van der Waals surface area contributed by atoms with Crippen molar-refractivity contribution in [1.29, 1.82) is 0 Å². The highest BCUT2D eigenvalue weighted by atomic mass is 14.9. The maximum absolute atomic E-state index is 2.38. The van der Waals surface area contributed by atoms with Crippen molar-refractivity contribution in [1.82, 2.24) is 4.57 Å². The molecule has 0 amide bonds. The van der Waals surface area contributed by atoms with Crippen molar-refractivity contribution >= 4 is 10.9 Å². The van der Waals surface area contributed by atoms with Crippen LogP contribution < -0.4 is 0 Å². The Kier molecular flexibility index (Phi) is 1.83. The molecule has 1 heterocycles. The number of aryl methyl sites for hydroxylation is 1. The van der Waals surface area contributed by atoms with Gasteiger partial charge in [0.25, 0.3) is 0 Å². The van der Waals surface area contributed by atoms with Crippen molar-refractivity contribution in [2.45, 2.75) is 25.8 Å². The van der Waals surface area contributed by atoms with Crippen LogP contribution >= 0.6 is 0 Å². The highest BCUT2D eigenvalue weighted by molar-refractivity contribution is 5.79. The van der Waals surface area contributed by atoms with E-state index < -0.39 is 0 Å². The van der Waals surface area contributed by atoms with Crippen LogP contribution in [0, 0.1) is 5.92 Å². The van der Waals surface area contributed by atoms with Gasteiger partial charge in [0, 0.05) is 18.3 Å². The summed E-state index contributed by atoms with van der Waals surface area (Å²) in [4.78, 5) is 0. The van der Waals surface area contributed by atoms with E-state index in [2.05, 4.69) is 41.1 Å². The third kappa shape index (κ3) is 1.43. The number of fused-ring (bicyclic) bond motifs is 1. The Morgan fingerprint density at radius 2 is 2.00 bits per heavy atom. The van der Waals surface area contributed by atoms with E-state index >= 15 is 0 Å². The minimum absolute atomic E-state index is 1.02. The van der Waals surface area contributed by atoms with Crippen LogP contribution in [0.4, 0.5) is 0 Å². The van der Waals surface area contributed by atoms with Crippen LogP contribution in [-0.4, -0.2) is 4.57 Å². The summed E-state index contributed by atoms with van der Waals surface area (Å²) >= 11 is 0. The molecule has 1 fully saturated rings. The van der Waals surface area contributed by atoms with E-state index in [1.807, 2.05) is 0 Å². The molecule has 1 aromatic heterocycles. The molecule has 1 aliphatic carbocycles. The molecule has 1 heteroatoms. The highest BCUT2D eigenvalue weighted by Gasteiger charge is 2.20. The van der Waals surface area contributed by atoms with Crippen LogP contribution in [0.5, 0.6) is 0 Å². The second-order valence-corrected chi connectivity index (χ2v) is 4.30. The smallest absolute Gasteiger partial charge is 0.0480 e. The molecule has 0 aliphatic heterocycles. The summed E-state index contributed by atoms with van der Waals surface area (Å²) in [6.07, 6.45) is 6.49. The van der Waals surface area contributed by atoms with Gasteiger partial charge in [-0.05, 0) is 29.9 Å². The van der Waals surface area contributed by atoms with Gasteiger partial charge in [-0.3, -0.25) is 0 Å². The van der Waals surface area contributed by atoms with Gasteiger partial charge in [-0.25, -0.2) is 0 Å². The van der Waals surface area contributed by atoms with Gasteiger partial charge < -0.3 is 4.57 Å². The van der Waals surface area contributed by atoms with E-state index in [9.17, 15) is 0 Å². The molecule has 1 aliphatic rings. The summed E-state index contributed by atoms with van der Waals surface area (Å²) < 4.78 is 2.38. The first kappa shape index (κ1) is 8.10. The molecule has 1 aromatic carbocycles. The number of rotatable bonds is 3. The Labute approximate surface area is 84.4 Å². The van der Waals surface area contributed by atoms with Crippen molar-refractivity contribution in [2.24, 2.45) is 5.92 Å². The van der Waals surface area contributed by atoms with Gasteiger partial charge in [0.2, 0.25) is 0 Å². The lowest BCUT2D eigenvalue weighted by Crippen LogP contribution is -1.96. The maximum Gasteiger partial charge on any atom is 0.0480 e.